The Labute approximate surface area is 126 Å². The smallest absolute Gasteiger partial charge is 0.329 e. The van der Waals surface area contributed by atoms with Crippen LogP contribution in [0.5, 0.6) is 0 Å². The zero-order chi connectivity index (χ0) is 15.2. The zero-order valence-corrected chi connectivity index (χ0v) is 12.0. The Hall–Kier alpha value is -2.08. The summed E-state index contributed by atoms with van der Waals surface area (Å²) in [7, 11) is 0. The Morgan fingerprint density at radius 2 is 2.05 bits per heavy atom. The van der Waals surface area contributed by atoms with Crippen molar-refractivity contribution in [3.8, 4) is 0 Å². The van der Waals surface area contributed by atoms with Crippen LogP contribution in [0, 0.1) is 0 Å². The molecule has 0 aliphatic carbocycles. The molecular formula is C14H15ClN2O4. The van der Waals surface area contributed by atoms with E-state index in [1.807, 2.05) is 0 Å². The van der Waals surface area contributed by atoms with Crippen LogP contribution in [0.3, 0.4) is 0 Å². The minimum atomic E-state index is -0.637. The minimum Gasteiger partial charge on any atom is -0.454 e. The van der Waals surface area contributed by atoms with Gasteiger partial charge in [0.05, 0.1) is 0 Å². The lowest BCUT2D eigenvalue weighted by atomic mass is 10.2. The molecule has 0 bridgehead atoms. The Morgan fingerprint density at radius 3 is 2.67 bits per heavy atom. The summed E-state index contributed by atoms with van der Waals surface area (Å²) >= 11 is 5.76. The molecule has 2 N–H and O–H groups in total. The number of halogens is 1. The monoisotopic (exact) mass is 310 g/mol. The molecule has 1 heterocycles. The molecule has 0 radical (unpaired) electrons. The maximum Gasteiger partial charge on any atom is 0.329 e. The molecule has 2 amide bonds. The number of carbonyl (C=O) groups excluding carboxylic acids is 3. The highest BCUT2D eigenvalue weighted by Crippen LogP contribution is 2.09. The van der Waals surface area contributed by atoms with Gasteiger partial charge in [0.1, 0.15) is 6.04 Å². The van der Waals surface area contributed by atoms with Crippen molar-refractivity contribution in [1.82, 2.24) is 10.6 Å². The van der Waals surface area contributed by atoms with Crippen LogP contribution >= 0.6 is 11.6 Å². The lowest BCUT2D eigenvalue weighted by Gasteiger charge is -2.10. The van der Waals surface area contributed by atoms with Gasteiger partial charge in [-0.05, 0) is 24.1 Å². The highest BCUT2D eigenvalue weighted by Gasteiger charge is 2.28. The third kappa shape index (κ3) is 4.75. The molecule has 0 saturated carbocycles. The summed E-state index contributed by atoms with van der Waals surface area (Å²) < 4.78 is 4.86. The lowest BCUT2D eigenvalue weighted by Crippen LogP contribution is -2.37. The summed E-state index contributed by atoms with van der Waals surface area (Å²) in [6.45, 7) is -0.0352. The number of rotatable bonds is 5. The lowest BCUT2D eigenvalue weighted by molar-refractivity contribution is -0.150. The summed E-state index contributed by atoms with van der Waals surface area (Å²) in [5.74, 6) is -1.16. The largest absolute Gasteiger partial charge is 0.454 e. The second-order valence-electron chi connectivity index (χ2n) is 4.67. The number of hydrogen-bond donors (Lipinski definition) is 2. The van der Waals surface area contributed by atoms with Crippen molar-refractivity contribution < 1.29 is 19.1 Å². The molecule has 6 nitrogen and oxygen atoms in total. The Morgan fingerprint density at radius 1 is 1.33 bits per heavy atom. The molecule has 1 atom stereocenters. The second-order valence-corrected chi connectivity index (χ2v) is 5.11. The van der Waals surface area contributed by atoms with E-state index in [-0.39, 0.29) is 12.5 Å². The van der Waals surface area contributed by atoms with Gasteiger partial charge in [0.2, 0.25) is 5.91 Å². The summed E-state index contributed by atoms with van der Waals surface area (Å²) in [6.07, 6.45) is 0.715. The molecule has 2 rings (SSSR count). The molecule has 0 aromatic heterocycles. The van der Waals surface area contributed by atoms with Crippen molar-refractivity contribution in [2.24, 2.45) is 0 Å². The molecule has 1 fully saturated rings. The Balaban J connectivity index is 1.68. The SMILES string of the molecule is O=C(COC(=O)[C@H]1CCC(=O)N1)NCc1ccc(Cl)cc1. The summed E-state index contributed by atoms with van der Waals surface area (Å²) in [4.78, 5) is 34.1. The van der Waals surface area contributed by atoms with E-state index in [1.165, 1.54) is 0 Å². The van der Waals surface area contributed by atoms with E-state index < -0.39 is 17.9 Å². The molecule has 1 saturated heterocycles. The van der Waals surface area contributed by atoms with Crippen LogP contribution in [0.25, 0.3) is 0 Å². The molecule has 112 valence electrons. The highest BCUT2D eigenvalue weighted by molar-refractivity contribution is 6.30. The first kappa shape index (κ1) is 15.3. The van der Waals surface area contributed by atoms with E-state index in [4.69, 9.17) is 16.3 Å². The number of amides is 2. The van der Waals surface area contributed by atoms with Gasteiger partial charge in [-0.3, -0.25) is 9.59 Å². The van der Waals surface area contributed by atoms with Crippen LogP contribution in [0.4, 0.5) is 0 Å². The summed E-state index contributed by atoms with van der Waals surface area (Å²) in [6, 6.07) is 6.41. The fourth-order valence-electron chi connectivity index (χ4n) is 1.88. The number of hydrogen-bond acceptors (Lipinski definition) is 4. The molecule has 1 aliphatic heterocycles. The third-order valence-electron chi connectivity index (χ3n) is 3.03. The van der Waals surface area contributed by atoms with Crippen LogP contribution in [0.2, 0.25) is 5.02 Å². The molecule has 21 heavy (non-hydrogen) atoms. The Kier molecular flexibility index (Phi) is 5.16. The van der Waals surface area contributed by atoms with Crippen molar-refractivity contribution in [2.45, 2.75) is 25.4 Å². The maximum atomic E-state index is 11.6. The molecule has 1 aliphatic rings. The van der Waals surface area contributed by atoms with Crippen molar-refractivity contribution in [2.75, 3.05) is 6.61 Å². The van der Waals surface area contributed by atoms with Gasteiger partial charge in [-0.25, -0.2) is 4.79 Å². The van der Waals surface area contributed by atoms with E-state index >= 15 is 0 Å². The average Bonchev–Trinajstić information content (AvgIpc) is 2.91. The number of esters is 1. The quantitative estimate of drug-likeness (QED) is 0.787. The summed E-state index contributed by atoms with van der Waals surface area (Å²) in [5.41, 5.74) is 0.891. The van der Waals surface area contributed by atoms with Crippen LogP contribution in [-0.2, 0) is 25.7 Å². The van der Waals surface area contributed by atoms with Crippen molar-refractivity contribution >= 4 is 29.4 Å². The number of carbonyl (C=O) groups is 3. The minimum absolute atomic E-state index is 0.177. The van der Waals surface area contributed by atoms with E-state index in [9.17, 15) is 14.4 Å². The van der Waals surface area contributed by atoms with E-state index in [0.29, 0.717) is 24.4 Å². The van der Waals surface area contributed by atoms with Gasteiger partial charge in [-0.2, -0.15) is 0 Å². The van der Waals surface area contributed by atoms with Crippen LogP contribution in [0.1, 0.15) is 18.4 Å². The first-order valence-corrected chi connectivity index (χ1v) is 6.89. The van der Waals surface area contributed by atoms with Gasteiger partial charge >= 0.3 is 5.97 Å². The van der Waals surface area contributed by atoms with Gasteiger partial charge in [-0.15, -0.1) is 0 Å². The topological polar surface area (TPSA) is 84.5 Å². The molecule has 1 aromatic carbocycles. The first-order chi connectivity index (χ1) is 10.0. The molecule has 0 spiro atoms. The van der Waals surface area contributed by atoms with Gasteiger partial charge in [-0.1, -0.05) is 23.7 Å². The first-order valence-electron chi connectivity index (χ1n) is 6.52. The van der Waals surface area contributed by atoms with Crippen molar-refractivity contribution in [3.05, 3.63) is 34.9 Å². The van der Waals surface area contributed by atoms with Gasteiger partial charge in [0.25, 0.3) is 5.91 Å². The van der Waals surface area contributed by atoms with Crippen LogP contribution < -0.4 is 10.6 Å². The van der Waals surface area contributed by atoms with Gasteiger partial charge in [0.15, 0.2) is 6.61 Å². The number of ether oxygens (including phenoxy) is 1. The van der Waals surface area contributed by atoms with E-state index in [1.54, 1.807) is 24.3 Å². The van der Waals surface area contributed by atoms with Crippen LogP contribution in [0.15, 0.2) is 24.3 Å². The van der Waals surface area contributed by atoms with Crippen LogP contribution in [-0.4, -0.2) is 30.4 Å². The zero-order valence-electron chi connectivity index (χ0n) is 11.2. The predicted molar refractivity (Wildman–Crippen MR) is 75.4 cm³/mol. The average molecular weight is 311 g/mol. The van der Waals surface area contributed by atoms with Gasteiger partial charge < -0.3 is 15.4 Å². The van der Waals surface area contributed by atoms with Crippen molar-refractivity contribution in [1.29, 1.82) is 0 Å². The number of benzene rings is 1. The Bertz CT molecular complexity index is 544. The second kappa shape index (κ2) is 7.08. The van der Waals surface area contributed by atoms with E-state index in [0.717, 1.165) is 5.56 Å². The van der Waals surface area contributed by atoms with Gasteiger partial charge in [0, 0.05) is 18.0 Å². The normalized spacial score (nSPS) is 17.2. The van der Waals surface area contributed by atoms with E-state index in [2.05, 4.69) is 10.6 Å². The predicted octanol–water partition coefficient (Wildman–Crippen LogP) is 0.778. The maximum absolute atomic E-state index is 11.6. The molecule has 1 aromatic rings. The number of nitrogens with one attached hydrogen (secondary N) is 2. The molecular weight excluding hydrogens is 296 g/mol. The standard InChI is InChI=1S/C14H15ClN2O4/c15-10-3-1-9(2-4-10)7-16-13(19)8-21-14(20)11-5-6-12(18)17-11/h1-4,11H,5-8H2,(H,16,19)(H,17,18)/t11-/m1/s1. The third-order valence-corrected chi connectivity index (χ3v) is 3.28. The highest BCUT2D eigenvalue weighted by atomic mass is 35.5. The fourth-order valence-corrected chi connectivity index (χ4v) is 2.01. The fraction of sp³-hybridized carbons (Fsp3) is 0.357. The van der Waals surface area contributed by atoms with Crippen molar-refractivity contribution in [3.63, 3.8) is 0 Å². The molecule has 0 unspecified atom stereocenters. The molecule has 7 heteroatoms. The summed E-state index contributed by atoms with van der Waals surface area (Å²) in [5, 5.41) is 5.73.